The van der Waals surface area contributed by atoms with E-state index in [9.17, 15) is 0 Å². The van der Waals surface area contributed by atoms with Crippen molar-refractivity contribution in [2.75, 3.05) is 0 Å². The molecule has 0 unspecified atom stereocenters. The van der Waals surface area contributed by atoms with Gasteiger partial charge >= 0.3 is 0 Å². The third-order valence-electron chi connectivity index (χ3n) is 11.2. The molecule has 0 amide bonds. The van der Waals surface area contributed by atoms with Crippen LogP contribution in [0.1, 0.15) is 0 Å². The fraction of sp³-hybridized carbons (Fsp3) is 0. The smallest absolute Gasteiger partial charge is 0.238 e. The van der Waals surface area contributed by atoms with E-state index in [2.05, 4.69) is 187 Å². The summed E-state index contributed by atoms with van der Waals surface area (Å²) in [4.78, 5) is 16.1. The number of aromatic nitrogens is 4. The van der Waals surface area contributed by atoms with Crippen LogP contribution in [0.15, 0.2) is 186 Å². The first kappa shape index (κ1) is 30.8. The zero-order valence-corrected chi connectivity index (χ0v) is 30.0. The number of benzene rings is 9. The molecule has 0 aliphatic carbocycles. The molecule has 0 N–H and O–H groups in total. The normalized spacial score (nSPS) is 11.9. The van der Waals surface area contributed by atoms with Gasteiger partial charge in [0.15, 0.2) is 11.6 Å². The average Bonchev–Trinajstić information content (AvgIpc) is 3.80. The summed E-state index contributed by atoms with van der Waals surface area (Å²) < 4.78 is 8.94. The largest absolute Gasteiger partial charge is 0.455 e. The number of furan rings is 1. The lowest BCUT2D eigenvalue weighted by molar-refractivity contribution is 0.670. The minimum Gasteiger partial charge on any atom is -0.455 e. The van der Waals surface area contributed by atoms with E-state index in [-0.39, 0.29) is 0 Å². The molecule has 56 heavy (non-hydrogen) atoms. The Morgan fingerprint density at radius 1 is 0.357 bits per heavy atom. The number of rotatable bonds is 4. The van der Waals surface area contributed by atoms with Crippen LogP contribution in [-0.4, -0.2) is 19.5 Å². The Labute approximate surface area is 320 Å². The van der Waals surface area contributed by atoms with Gasteiger partial charge in [0.25, 0.3) is 0 Å². The van der Waals surface area contributed by atoms with Crippen LogP contribution in [0.2, 0.25) is 0 Å². The maximum atomic E-state index is 6.74. The summed E-state index contributed by atoms with van der Waals surface area (Å²) in [6.45, 7) is 0. The molecule has 12 rings (SSSR count). The van der Waals surface area contributed by atoms with Gasteiger partial charge < -0.3 is 4.42 Å². The number of fused-ring (bicyclic) bond motifs is 10. The van der Waals surface area contributed by atoms with Gasteiger partial charge in [-0.2, -0.15) is 9.97 Å². The van der Waals surface area contributed by atoms with E-state index in [0.29, 0.717) is 17.6 Å². The Morgan fingerprint density at radius 3 is 1.77 bits per heavy atom. The average molecular weight is 715 g/mol. The maximum Gasteiger partial charge on any atom is 0.238 e. The van der Waals surface area contributed by atoms with Crippen molar-refractivity contribution in [2.45, 2.75) is 0 Å². The first-order chi connectivity index (χ1) is 27.8. The molecule has 0 bridgehead atoms. The molecule has 0 spiro atoms. The third-order valence-corrected chi connectivity index (χ3v) is 11.2. The Kier molecular flexibility index (Phi) is 6.56. The van der Waals surface area contributed by atoms with Crippen LogP contribution in [0, 0.1) is 0 Å². The molecule has 3 heterocycles. The lowest BCUT2D eigenvalue weighted by Gasteiger charge is -2.14. The van der Waals surface area contributed by atoms with Crippen molar-refractivity contribution in [3.05, 3.63) is 182 Å². The summed E-state index contributed by atoms with van der Waals surface area (Å²) in [5.74, 6) is 1.66. The summed E-state index contributed by atoms with van der Waals surface area (Å²) in [5, 5.41) is 11.4. The van der Waals surface area contributed by atoms with Gasteiger partial charge in [0.2, 0.25) is 5.95 Å². The zero-order chi connectivity index (χ0) is 36.7. The lowest BCUT2D eigenvalue weighted by Crippen LogP contribution is -2.07. The third kappa shape index (κ3) is 4.58. The number of hydrogen-bond acceptors (Lipinski definition) is 4. The fourth-order valence-electron chi connectivity index (χ4n) is 8.69. The van der Waals surface area contributed by atoms with Crippen LogP contribution in [0.3, 0.4) is 0 Å². The van der Waals surface area contributed by atoms with Crippen LogP contribution in [0.25, 0.3) is 116 Å². The van der Waals surface area contributed by atoms with Crippen LogP contribution in [0.4, 0.5) is 0 Å². The van der Waals surface area contributed by atoms with Crippen molar-refractivity contribution in [1.82, 2.24) is 19.5 Å². The maximum absolute atomic E-state index is 6.74. The molecule has 0 aliphatic rings. The highest BCUT2D eigenvalue weighted by molar-refractivity contribution is 6.21. The van der Waals surface area contributed by atoms with Crippen LogP contribution >= 0.6 is 0 Å². The molecule has 260 valence electrons. The van der Waals surface area contributed by atoms with Gasteiger partial charge in [-0.15, -0.1) is 0 Å². The molecule has 5 nitrogen and oxygen atoms in total. The number of hydrogen-bond donors (Lipinski definition) is 0. The highest BCUT2D eigenvalue weighted by Crippen LogP contribution is 2.41. The summed E-state index contributed by atoms with van der Waals surface area (Å²) in [6, 6.07) is 63.9. The van der Waals surface area contributed by atoms with Crippen molar-refractivity contribution in [2.24, 2.45) is 0 Å². The van der Waals surface area contributed by atoms with E-state index in [1.54, 1.807) is 0 Å². The van der Waals surface area contributed by atoms with Crippen LogP contribution in [0.5, 0.6) is 0 Å². The Bertz CT molecular complexity index is 3550. The van der Waals surface area contributed by atoms with Crippen LogP contribution in [-0.2, 0) is 0 Å². The van der Waals surface area contributed by atoms with Crippen molar-refractivity contribution in [1.29, 1.82) is 0 Å². The monoisotopic (exact) mass is 714 g/mol. The minimum atomic E-state index is 0.540. The highest BCUT2D eigenvalue weighted by Gasteiger charge is 2.22. The zero-order valence-electron chi connectivity index (χ0n) is 30.0. The first-order valence-electron chi connectivity index (χ1n) is 18.9. The second kappa shape index (κ2) is 11.9. The molecule has 0 saturated heterocycles. The second-order valence-corrected chi connectivity index (χ2v) is 14.4. The van der Waals surface area contributed by atoms with Crippen molar-refractivity contribution in [3.8, 4) is 39.9 Å². The van der Waals surface area contributed by atoms with E-state index in [1.807, 2.05) is 0 Å². The van der Waals surface area contributed by atoms with Gasteiger partial charge in [0.05, 0.1) is 16.6 Å². The summed E-state index contributed by atoms with van der Waals surface area (Å²) >= 11 is 0. The van der Waals surface area contributed by atoms with Gasteiger partial charge in [-0.1, -0.05) is 152 Å². The minimum absolute atomic E-state index is 0.540. The van der Waals surface area contributed by atoms with Gasteiger partial charge in [0, 0.05) is 27.1 Å². The molecule has 0 radical (unpaired) electrons. The number of para-hydroxylation sites is 2. The molecule has 0 aliphatic heterocycles. The van der Waals surface area contributed by atoms with E-state index < -0.39 is 0 Å². The van der Waals surface area contributed by atoms with Crippen LogP contribution < -0.4 is 0 Å². The molecule has 5 heteroatoms. The Hall–Kier alpha value is -7.63. The summed E-state index contributed by atoms with van der Waals surface area (Å²) in [6.07, 6.45) is 0. The molecule has 0 fully saturated rings. The quantitative estimate of drug-likeness (QED) is 0.182. The Morgan fingerprint density at radius 2 is 0.929 bits per heavy atom. The topological polar surface area (TPSA) is 56.7 Å². The van der Waals surface area contributed by atoms with Gasteiger partial charge in [0.1, 0.15) is 11.2 Å². The van der Waals surface area contributed by atoms with Crippen molar-refractivity contribution >= 4 is 76.1 Å². The first-order valence-corrected chi connectivity index (χ1v) is 18.9. The predicted molar refractivity (Wildman–Crippen MR) is 230 cm³/mol. The van der Waals surface area contributed by atoms with Gasteiger partial charge in [-0.25, -0.2) is 4.98 Å². The van der Waals surface area contributed by atoms with Crippen molar-refractivity contribution in [3.63, 3.8) is 0 Å². The van der Waals surface area contributed by atoms with E-state index in [0.717, 1.165) is 66.0 Å². The van der Waals surface area contributed by atoms with Gasteiger partial charge in [-0.05, 0) is 73.8 Å². The molecular weight excluding hydrogens is 685 g/mol. The highest BCUT2D eigenvalue weighted by atomic mass is 16.3. The molecule has 9 aromatic carbocycles. The van der Waals surface area contributed by atoms with E-state index in [4.69, 9.17) is 19.4 Å². The Balaban J connectivity index is 1.18. The molecule has 12 aromatic rings. The fourth-order valence-corrected chi connectivity index (χ4v) is 8.69. The molecule has 0 saturated carbocycles. The SMILES string of the molecule is c1ccc(-c2cccc3ccccc23)c(-c2nc(-c3cccc4c3oc3cc5ccccc5cc34)nc(-n3c4ccccc4c4c5ccccc5ccc43)n2)c1. The van der Waals surface area contributed by atoms with Crippen molar-refractivity contribution < 1.29 is 4.42 Å². The predicted octanol–water partition coefficient (Wildman–Crippen LogP) is 13.3. The second-order valence-electron chi connectivity index (χ2n) is 14.4. The van der Waals surface area contributed by atoms with E-state index >= 15 is 0 Å². The number of nitrogens with zero attached hydrogens (tertiary/aromatic N) is 4. The van der Waals surface area contributed by atoms with E-state index in [1.165, 1.54) is 32.3 Å². The molecular formula is C51H30N4O. The molecule has 0 atom stereocenters. The molecule has 3 aromatic heterocycles. The summed E-state index contributed by atoms with van der Waals surface area (Å²) in [5.41, 5.74) is 7.53. The lowest BCUT2D eigenvalue weighted by atomic mass is 9.94. The standard InChI is InChI=1S/C51H30N4O/c1-2-16-34-30-46-43(29-33(34)15-1)39-24-12-25-42(48(39)56-46)50-52-49(40-21-8-7-20-38(40)37-23-11-17-31-13-3-5-18-35(31)37)53-51(54-50)55-44-26-10-9-22-41(44)47-36-19-6-4-14-32(36)27-28-45(47)55/h1-30H. The summed E-state index contributed by atoms with van der Waals surface area (Å²) in [7, 11) is 0. The van der Waals surface area contributed by atoms with Gasteiger partial charge in [-0.3, -0.25) is 4.57 Å².